The lowest BCUT2D eigenvalue weighted by Crippen LogP contribution is -2.19. The highest BCUT2D eigenvalue weighted by molar-refractivity contribution is 7.90. The molecule has 0 fully saturated rings. The minimum absolute atomic E-state index is 0.0308. The molecular weight excluding hydrogens is 275 g/mol. The zero-order chi connectivity index (χ0) is 14.8. The van der Waals surface area contributed by atoms with E-state index in [1.807, 2.05) is 0 Å². The SMILES string of the molecule is CCOC(=O)C(=O)c1cc(S(C)(=O)=O)c(C)cc1F. The molecule has 0 radical (unpaired) electrons. The lowest BCUT2D eigenvalue weighted by molar-refractivity contribution is -0.137. The number of hydrogen-bond acceptors (Lipinski definition) is 5. The zero-order valence-corrected chi connectivity index (χ0v) is 11.5. The van der Waals surface area contributed by atoms with Gasteiger partial charge in [0, 0.05) is 6.26 Å². The highest BCUT2D eigenvalue weighted by atomic mass is 32.2. The van der Waals surface area contributed by atoms with E-state index in [-0.39, 0.29) is 17.1 Å². The quantitative estimate of drug-likeness (QED) is 0.361. The summed E-state index contributed by atoms with van der Waals surface area (Å²) in [7, 11) is -3.62. The van der Waals surface area contributed by atoms with E-state index in [0.29, 0.717) is 0 Å². The largest absolute Gasteiger partial charge is 0.460 e. The van der Waals surface area contributed by atoms with Crippen molar-refractivity contribution in [3.63, 3.8) is 0 Å². The van der Waals surface area contributed by atoms with Gasteiger partial charge in [0.15, 0.2) is 9.84 Å². The van der Waals surface area contributed by atoms with E-state index in [9.17, 15) is 22.4 Å². The summed E-state index contributed by atoms with van der Waals surface area (Å²) in [6, 6.07) is 1.77. The molecule has 0 aliphatic heterocycles. The van der Waals surface area contributed by atoms with Crippen molar-refractivity contribution in [1.82, 2.24) is 0 Å². The van der Waals surface area contributed by atoms with Crippen molar-refractivity contribution in [2.45, 2.75) is 18.7 Å². The van der Waals surface area contributed by atoms with Crippen LogP contribution in [-0.2, 0) is 19.4 Å². The number of sulfone groups is 1. The van der Waals surface area contributed by atoms with Crippen LogP contribution in [0.2, 0.25) is 0 Å². The summed E-state index contributed by atoms with van der Waals surface area (Å²) in [5, 5.41) is 0. The van der Waals surface area contributed by atoms with Gasteiger partial charge < -0.3 is 4.74 Å². The number of hydrogen-bond donors (Lipinski definition) is 0. The molecule has 0 saturated carbocycles. The Balaban J connectivity index is 3.38. The maximum atomic E-state index is 13.6. The molecule has 0 bridgehead atoms. The second kappa shape index (κ2) is 5.48. The Morgan fingerprint density at radius 3 is 2.37 bits per heavy atom. The number of carbonyl (C=O) groups is 2. The van der Waals surface area contributed by atoms with Crippen LogP contribution < -0.4 is 0 Å². The van der Waals surface area contributed by atoms with Crippen molar-refractivity contribution in [3.05, 3.63) is 29.1 Å². The van der Waals surface area contributed by atoms with E-state index < -0.39 is 33.0 Å². The van der Waals surface area contributed by atoms with Crippen LogP contribution in [-0.4, -0.2) is 33.0 Å². The molecule has 0 spiro atoms. The third kappa shape index (κ3) is 3.37. The van der Waals surface area contributed by atoms with Gasteiger partial charge in [-0.05, 0) is 31.5 Å². The Morgan fingerprint density at radius 1 is 1.32 bits per heavy atom. The molecule has 7 heteroatoms. The normalized spacial score (nSPS) is 11.2. The molecule has 1 aromatic rings. The van der Waals surface area contributed by atoms with Crippen molar-refractivity contribution in [1.29, 1.82) is 0 Å². The number of esters is 1. The molecule has 0 N–H and O–H groups in total. The molecule has 19 heavy (non-hydrogen) atoms. The number of ether oxygens (including phenoxy) is 1. The Bertz CT molecular complexity index is 634. The summed E-state index contributed by atoms with van der Waals surface area (Å²) in [4.78, 5) is 22.7. The van der Waals surface area contributed by atoms with Gasteiger partial charge in [-0.1, -0.05) is 0 Å². The van der Waals surface area contributed by atoms with Crippen molar-refractivity contribution in [2.75, 3.05) is 12.9 Å². The smallest absolute Gasteiger partial charge is 0.379 e. The number of rotatable bonds is 4. The van der Waals surface area contributed by atoms with E-state index >= 15 is 0 Å². The number of Topliss-reactive ketones (excluding diaryl/α,β-unsaturated/α-hetero) is 1. The summed E-state index contributed by atoms with van der Waals surface area (Å²) in [6.07, 6.45) is 0.936. The van der Waals surface area contributed by atoms with Gasteiger partial charge in [-0.3, -0.25) is 4.79 Å². The van der Waals surface area contributed by atoms with Gasteiger partial charge in [-0.15, -0.1) is 0 Å². The summed E-state index contributed by atoms with van der Waals surface area (Å²) in [5.74, 6) is -3.38. The molecule has 0 aliphatic carbocycles. The lowest BCUT2D eigenvalue weighted by atomic mass is 10.1. The Hall–Kier alpha value is -1.76. The molecule has 0 unspecified atom stereocenters. The van der Waals surface area contributed by atoms with Crippen LogP contribution in [0.15, 0.2) is 17.0 Å². The third-order valence-electron chi connectivity index (χ3n) is 2.37. The topological polar surface area (TPSA) is 77.5 Å². The average Bonchev–Trinajstić information content (AvgIpc) is 2.26. The van der Waals surface area contributed by atoms with Crippen LogP contribution in [0.1, 0.15) is 22.8 Å². The maximum Gasteiger partial charge on any atom is 0.379 e. The summed E-state index contributed by atoms with van der Waals surface area (Å²) in [6.45, 7) is 2.87. The molecule has 104 valence electrons. The molecule has 0 heterocycles. The van der Waals surface area contributed by atoms with E-state index in [1.54, 1.807) is 0 Å². The number of benzene rings is 1. The molecule has 0 aromatic heterocycles. The molecule has 0 aliphatic rings. The molecule has 0 amide bonds. The first-order chi connectivity index (χ1) is 8.68. The second-order valence-corrected chi connectivity index (χ2v) is 5.90. The summed E-state index contributed by atoms with van der Waals surface area (Å²) >= 11 is 0. The number of ketones is 1. The minimum Gasteiger partial charge on any atom is -0.460 e. The zero-order valence-electron chi connectivity index (χ0n) is 10.7. The van der Waals surface area contributed by atoms with Crippen molar-refractivity contribution in [3.8, 4) is 0 Å². The summed E-state index contributed by atoms with van der Waals surface area (Å²) in [5.41, 5.74) is -0.440. The van der Waals surface area contributed by atoms with E-state index in [2.05, 4.69) is 4.74 Å². The van der Waals surface area contributed by atoms with Crippen molar-refractivity contribution < 1.29 is 27.1 Å². The fourth-order valence-corrected chi connectivity index (χ4v) is 2.51. The van der Waals surface area contributed by atoms with Crippen LogP contribution in [0, 0.1) is 12.7 Å². The Morgan fingerprint density at radius 2 is 1.89 bits per heavy atom. The van der Waals surface area contributed by atoms with Crippen molar-refractivity contribution >= 4 is 21.6 Å². The molecule has 5 nitrogen and oxygen atoms in total. The Kier molecular flexibility index (Phi) is 4.41. The first-order valence-corrected chi connectivity index (χ1v) is 7.29. The monoisotopic (exact) mass is 288 g/mol. The second-order valence-electron chi connectivity index (χ2n) is 3.92. The highest BCUT2D eigenvalue weighted by Crippen LogP contribution is 2.20. The Labute approximate surface area is 110 Å². The van der Waals surface area contributed by atoms with Gasteiger partial charge in [0.2, 0.25) is 0 Å². The fraction of sp³-hybridized carbons (Fsp3) is 0.333. The number of halogens is 1. The van der Waals surface area contributed by atoms with Gasteiger partial charge >= 0.3 is 5.97 Å². The molecule has 0 atom stereocenters. The van der Waals surface area contributed by atoms with E-state index in [1.165, 1.54) is 13.8 Å². The van der Waals surface area contributed by atoms with Crippen LogP contribution >= 0.6 is 0 Å². The van der Waals surface area contributed by atoms with Gasteiger partial charge in [0.25, 0.3) is 5.78 Å². The fourth-order valence-electron chi connectivity index (χ4n) is 1.53. The predicted octanol–water partition coefficient (Wildman–Crippen LogP) is 1.28. The standard InChI is InChI=1S/C12H13FO5S/c1-4-18-12(15)11(14)8-6-10(19(3,16)17)7(2)5-9(8)13/h5-6H,4H2,1-3H3. The summed E-state index contributed by atoms with van der Waals surface area (Å²) < 4.78 is 41.1. The van der Waals surface area contributed by atoms with Crippen LogP contribution in [0.3, 0.4) is 0 Å². The number of aryl methyl sites for hydroxylation is 1. The van der Waals surface area contributed by atoms with Gasteiger partial charge in [0.1, 0.15) is 5.82 Å². The van der Waals surface area contributed by atoms with Crippen molar-refractivity contribution in [2.24, 2.45) is 0 Å². The molecule has 0 saturated heterocycles. The van der Waals surface area contributed by atoms with Crippen LogP contribution in [0.5, 0.6) is 0 Å². The predicted molar refractivity (Wildman–Crippen MR) is 65.2 cm³/mol. The van der Waals surface area contributed by atoms with Crippen LogP contribution in [0.25, 0.3) is 0 Å². The molecular formula is C12H13FO5S. The average molecular weight is 288 g/mol. The highest BCUT2D eigenvalue weighted by Gasteiger charge is 2.24. The third-order valence-corrected chi connectivity index (χ3v) is 3.61. The minimum atomic E-state index is -3.62. The van der Waals surface area contributed by atoms with Gasteiger partial charge in [-0.2, -0.15) is 0 Å². The van der Waals surface area contributed by atoms with Gasteiger partial charge in [0.05, 0.1) is 17.1 Å². The van der Waals surface area contributed by atoms with E-state index in [4.69, 9.17) is 0 Å². The lowest BCUT2D eigenvalue weighted by Gasteiger charge is -2.08. The molecule has 1 rings (SSSR count). The maximum absolute atomic E-state index is 13.6. The van der Waals surface area contributed by atoms with E-state index in [0.717, 1.165) is 18.4 Å². The van der Waals surface area contributed by atoms with Gasteiger partial charge in [-0.25, -0.2) is 17.6 Å². The van der Waals surface area contributed by atoms with Crippen LogP contribution in [0.4, 0.5) is 4.39 Å². The molecule has 1 aromatic carbocycles. The number of carbonyl (C=O) groups excluding carboxylic acids is 2. The first kappa shape index (κ1) is 15.3. The first-order valence-electron chi connectivity index (χ1n) is 5.40.